The lowest BCUT2D eigenvalue weighted by atomic mass is 10.2. The van der Waals surface area contributed by atoms with Gasteiger partial charge in [0.25, 0.3) is 0 Å². The topological polar surface area (TPSA) is 49.4 Å². The van der Waals surface area contributed by atoms with Crippen LogP contribution in [0.4, 0.5) is 5.69 Å². The van der Waals surface area contributed by atoms with Gasteiger partial charge in [0.1, 0.15) is 6.04 Å². The highest BCUT2D eigenvalue weighted by Gasteiger charge is 2.32. The lowest BCUT2D eigenvalue weighted by Crippen LogP contribution is -2.42. The fraction of sp³-hybridized carbons (Fsp3) is 0.385. The summed E-state index contributed by atoms with van der Waals surface area (Å²) >= 11 is 2.21. The standard InChI is InChI=1S/C13H15IN2O2/c1-9(17)16-8-2-3-12(16)13(18)15-11-6-4-10(14)5-7-11/h4-7,12H,2-3,8H2,1H3,(H,15,18). The van der Waals surface area contributed by atoms with Crippen molar-refractivity contribution >= 4 is 40.1 Å². The van der Waals surface area contributed by atoms with Crippen molar-refractivity contribution in [1.82, 2.24) is 4.90 Å². The fourth-order valence-corrected chi connectivity index (χ4v) is 2.53. The van der Waals surface area contributed by atoms with Crippen LogP contribution in [-0.4, -0.2) is 29.3 Å². The molecule has 1 N–H and O–H groups in total. The Balaban J connectivity index is 2.03. The van der Waals surface area contributed by atoms with Crippen LogP contribution in [0.1, 0.15) is 19.8 Å². The maximum atomic E-state index is 12.1. The molecule has 0 radical (unpaired) electrons. The molecule has 1 aliphatic rings. The molecule has 2 rings (SSSR count). The first-order valence-electron chi connectivity index (χ1n) is 5.91. The quantitative estimate of drug-likeness (QED) is 0.825. The number of halogens is 1. The summed E-state index contributed by atoms with van der Waals surface area (Å²) in [7, 11) is 0. The van der Waals surface area contributed by atoms with E-state index in [1.54, 1.807) is 4.90 Å². The number of hydrogen-bond donors (Lipinski definition) is 1. The molecule has 1 aromatic rings. The SMILES string of the molecule is CC(=O)N1CCCC1C(=O)Nc1ccc(I)cc1. The molecule has 1 heterocycles. The molecular weight excluding hydrogens is 343 g/mol. The zero-order chi connectivity index (χ0) is 13.1. The van der Waals surface area contributed by atoms with Crippen molar-refractivity contribution in [2.75, 3.05) is 11.9 Å². The van der Waals surface area contributed by atoms with Crippen LogP contribution in [0.15, 0.2) is 24.3 Å². The molecule has 1 aromatic carbocycles. The fourth-order valence-electron chi connectivity index (χ4n) is 2.17. The highest BCUT2D eigenvalue weighted by molar-refractivity contribution is 14.1. The largest absolute Gasteiger partial charge is 0.331 e. The van der Waals surface area contributed by atoms with E-state index >= 15 is 0 Å². The summed E-state index contributed by atoms with van der Waals surface area (Å²) in [5.41, 5.74) is 0.774. The first-order valence-corrected chi connectivity index (χ1v) is 6.99. The lowest BCUT2D eigenvalue weighted by Gasteiger charge is -2.22. The van der Waals surface area contributed by atoms with E-state index in [-0.39, 0.29) is 17.9 Å². The number of carbonyl (C=O) groups is 2. The average molecular weight is 358 g/mol. The van der Waals surface area contributed by atoms with Crippen molar-refractivity contribution in [3.63, 3.8) is 0 Å². The van der Waals surface area contributed by atoms with Crippen LogP contribution in [0.3, 0.4) is 0 Å². The highest BCUT2D eigenvalue weighted by atomic mass is 127. The van der Waals surface area contributed by atoms with E-state index in [9.17, 15) is 9.59 Å². The first-order chi connectivity index (χ1) is 8.58. The number of rotatable bonds is 2. The summed E-state index contributed by atoms with van der Waals surface area (Å²) in [4.78, 5) is 25.2. The second-order valence-electron chi connectivity index (χ2n) is 4.37. The minimum Gasteiger partial charge on any atom is -0.331 e. The summed E-state index contributed by atoms with van der Waals surface area (Å²) in [6.45, 7) is 2.19. The number of benzene rings is 1. The second-order valence-corrected chi connectivity index (χ2v) is 5.61. The van der Waals surface area contributed by atoms with Crippen LogP contribution in [0, 0.1) is 3.57 Å². The summed E-state index contributed by atoms with van der Waals surface area (Å²) in [5.74, 6) is -0.126. The van der Waals surface area contributed by atoms with Gasteiger partial charge in [0.05, 0.1) is 0 Å². The number of anilines is 1. The Kier molecular flexibility index (Phi) is 4.21. The predicted molar refractivity (Wildman–Crippen MR) is 78.2 cm³/mol. The van der Waals surface area contributed by atoms with Crippen LogP contribution in [0.25, 0.3) is 0 Å². The molecule has 18 heavy (non-hydrogen) atoms. The molecule has 1 saturated heterocycles. The molecule has 1 fully saturated rings. The third-order valence-electron chi connectivity index (χ3n) is 3.07. The molecule has 0 aliphatic carbocycles. The van der Waals surface area contributed by atoms with Crippen molar-refractivity contribution in [3.05, 3.63) is 27.8 Å². The normalized spacial score (nSPS) is 18.8. The number of hydrogen-bond acceptors (Lipinski definition) is 2. The number of nitrogens with zero attached hydrogens (tertiary/aromatic N) is 1. The summed E-state index contributed by atoms with van der Waals surface area (Å²) in [5, 5.41) is 2.86. The van der Waals surface area contributed by atoms with Gasteiger partial charge < -0.3 is 10.2 Å². The maximum absolute atomic E-state index is 12.1. The Bertz CT molecular complexity index is 459. The monoisotopic (exact) mass is 358 g/mol. The summed E-state index contributed by atoms with van der Waals surface area (Å²) in [6.07, 6.45) is 1.64. The van der Waals surface area contributed by atoms with E-state index in [4.69, 9.17) is 0 Å². The molecule has 96 valence electrons. The van der Waals surface area contributed by atoms with Gasteiger partial charge in [0.2, 0.25) is 11.8 Å². The van der Waals surface area contributed by atoms with Gasteiger partial charge in [0, 0.05) is 22.7 Å². The van der Waals surface area contributed by atoms with Crippen LogP contribution in [0.2, 0.25) is 0 Å². The van der Waals surface area contributed by atoms with Crippen LogP contribution >= 0.6 is 22.6 Å². The summed E-state index contributed by atoms with van der Waals surface area (Å²) < 4.78 is 1.12. The minimum absolute atomic E-state index is 0.0322. The van der Waals surface area contributed by atoms with Gasteiger partial charge in [-0.05, 0) is 59.7 Å². The van der Waals surface area contributed by atoms with Gasteiger partial charge >= 0.3 is 0 Å². The Morgan fingerprint density at radius 1 is 1.33 bits per heavy atom. The Labute approximate surface area is 120 Å². The highest BCUT2D eigenvalue weighted by Crippen LogP contribution is 2.19. The minimum atomic E-state index is -0.318. The second kappa shape index (κ2) is 5.69. The Morgan fingerprint density at radius 3 is 2.61 bits per heavy atom. The van der Waals surface area contributed by atoms with Gasteiger partial charge in [-0.2, -0.15) is 0 Å². The van der Waals surface area contributed by atoms with E-state index < -0.39 is 0 Å². The molecule has 0 aromatic heterocycles. The smallest absolute Gasteiger partial charge is 0.247 e. The van der Waals surface area contributed by atoms with Crippen molar-refractivity contribution < 1.29 is 9.59 Å². The molecule has 0 saturated carbocycles. The van der Waals surface area contributed by atoms with Crippen LogP contribution in [0.5, 0.6) is 0 Å². The average Bonchev–Trinajstić information content (AvgIpc) is 2.81. The van der Waals surface area contributed by atoms with Gasteiger partial charge in [-0.15, -0.1) is 0 Å². The molecule has 1 atom stereocenters. The van der Waals surface area contributed by atoms with Crippen molar-refractivity contribution in [2.24, 2.45) is 0 Å². The molecule has 0 spiro atoms. The van der Waals surface area contributed by atoms with E-state index in [0.29, 0.717) is 6.54 Å². The van der Waals surface area contributed by atoms with Crippen molar-refractivity contribution in [1.29, 1.82) is 0 Å². The van der Waals surface area contributed by atoms with Gasteiger partial charge in [-0.1, -0.05) is 0 Å². The predicted octanol–water partition coefficient (Wildman–Crippen LogP) is 2.24. The van der Waals surface area contributed by atoms with Crippen molar-refractivity contribution in [2.45, 2.75) is 25.8 Å². The van der Waals surface area contributed by atoms with Gasteiger partial charge in [-0.3, -0.25) is 9.59 Å². The third-order valence-corrected chi connectivity index (χ3v) is 3.79. The van der Waals surface area contributed by atoms with Crippen molar-refractivity contribution in [3.8, 4) is 0 Å². The Morgan fingerprint density at radius 2 is 2.00 bits per heavy atom. The summed E-state index contributed by atoms with van der Waals surface area (Å²) in [6, 6.07) is 7.29. The number of amides is 2. The van der Waals surface area contributed by atoms with Crippen LogP contribution < -0.4 is 5.32 Å². The molecular formula is C13H15IN2O2. The number of carbonyl (C=O) groups excluding carboxylic acids is 2. The molecule has 1 aliphatic heterocycles. The lowest BCUT2D eigenvalue weighted by molar-refractivity contribution is -0.134. The number of nitrogens with one attached hydrogen (secondary N) is 1. The molecule has 4 nitrogen and oxygen atoms in total. The third kappa shape index (κ3) is 3.01. The zero-order valence-electron chi connectivity index (χ0n) is 10.1. The zero-order valence-corrected chi connectivity index (χ0v) is 12.3. The molecule has 2 amide bonds. The first kappa shape index (κ1) is 13.3. The van der Waals surface area contributed by atoms with E-state index in [1.165, 1.54) is 6.92 Å². The molecule has 0 bridgehead atoms. The van der Waals surface area contributed by atoms with Gasteiger partial charge in [-0.25, -0.2) is 0 Å². The van der Waals surface area contributed by atoms with E-state index in [0.717, 1.165) is 22.1 Å². The maximum Gasteiger partial charge on any atom is 0.247 e. The Hall–Kier alpha value is -1.11. The molecule has 5 heteroatoms. The van der Waals surface area contributed by atoms with E-state index in [1.807, 2.05) is 24.3 Å². The molecule has 1 unspecified atom stereocenters. The van der Waals surface area contributed by atoms with E-state index in [2.05, 4.69) is 27.9 Å². The number of likely N-dealkylation sites (tertiary alicyclic amines) is 1. The van der Waals surface area contributed by atoms with Gasteiger partial charge in [0.15, 0.2) is 0 Å². The van der Waals surface area contributed by atoms with Crippen LogP contribution in [-0.2, 0) is 9.59 Å².